The first-order valence-corrected chi connectivity index (χ1v) is 11.7. The van der Waals surface area contributed by atoms with E-state index in [0.29, 0.717) is 18.0 Å². The van der Waals surface area contributed by atoms with Gasteiger partial charge < -0.3 is 19.5 Å². The molecule has 3 aromatic heterocycles. The van der Waals surface area contributed by atoms with Crippen LogP contribution in [0.25, 0.3) is 21.3 Å². The molecule has 0 saturated carbocycles. The molecule has 7 heteroatoms. The average molecular weight is 449 g/mol. The van der Waals surface area contributed by atoms with Crippen molar-refractivity contribution in [2.24, 2.45) is 7.05 Å². The van der Waals surface area contributed by atoms with Gasteiger partial charge in [0.25, 0.3) is 5.56 Å². The Hall–Kier alpha value is -3.16. The maximum Gasteiger partial charge on any atom is 0.259 e. The van der Waals surface area contributed by atoms with Crippen molar-refractivity contribution in [2.75, 3.05) is 31.6 Å². The molecule has 0 aliphatic heterocycles. The highest BCUT2D eigenvalue weighted by Crippen LogP contribution is 2.26. The van der Waals surface area contributed by atoms with Gasteiger partial charge in [-0.2, -0.15) is 0 Å². The molecule has 4 rings (SSSR count). The Bertz CT molecular complexity index is 1230. The lowest BCUT2D eigenvalue weighted by Gasteiger charge is -2.18. The monoisotopic (exact) mass is 448 g/mol. The van der Waals surface area contributed by atoms with E-state index in [1.807, 2.05) is 53.9 Å². The van der Waals surface area contributed by atoms with E-state index >= 15 is 0 Å². The van der Waals surface area contributed by atoms with Crippen LogP contribution in [0.4, 0.5) is 11.5 Å². The first-order valence-electron chi connectivity index (χ1n) is 10.8. The molecule has 0 atom stereocenters. The fraction of sp³-hybridized carbons (Fsp3) is 0.280. The fourth-order valence-corrected chi connectivity index (χ4v) is 4.39. The summed E-state index contributed by atoms with van der Waals surface area (Å²) in [6, 6.07) is 15.6. The van der Waals surface area contributed by atoms with Crippen molar-refractivity contribution >= 4 is 33.7 Å². The largest absolute Gasteiger partial charge is 0.492 e. The number of benzene rings is 1. The molecule has 0 spiro atoms. The number of hydrogen-bond donors (Lipinski definition) is 1. The van der Waals surface area contributed by atoms with Crippen LogP contribution >= 0.6 is 11.3 Å². The van der Waals surface area contributed by atoms with Crippen LogP contribution in [0, 0.1) is 0 Å². The molecular weight excluding hydrogens is 420 g/mol. The third-order valence-corrected chi connectivity index (χ3v) is 6.50. The molecule has 1 N–H and O–H groups in total. The van der Waals surface area contributed by atoms with E-state index in [-0.39, 0.29) is 5.56 Å². The zero-order valence-corrected chi connectivity index (χ0v) is 19.5. The van der Waals surface area contributed by atoms with Gasteiger partial charge in [0.15, 0.2) is 0 Å². The number of thiophene rings is 1. The van der Waals surface area contributed by atoms with Crippen LogP contribution < -0.4 is 15.6 Å². The Balaban J connectivity index is 1.48. The van der Waals surface area contributed by atoms with Crippen molar-refractivity contribution in [3.8, 4) is 16.2 Å². The van der Waals surface area contributed by atoms with E-state index < -0.39 is 0 Å². The first kappa shape index (κ1) is 22.0. The number of rotatable bonds is 9. The predicted molar refractivity (Wildman–Crippen MR) is 133 cm³/mol. The summed E-state index contributed by atoms with van der Waals surface area (Å²) in [5, 5.41) is 6.22. The quantitative estimate of drug-likeness (QED) is 0.385. The summed E-state index contributed by atoms with van der Waals surface area (Å²) >= 11 is 1.56. The van der Waals surface area contributed by atoms with Gasteiger partial charge in [0.1, 0.15) is 18.2 Å². The molecule has 0 amide bonds. The average Bonchev–Trinajstić information content (AvgIpc) is 3.35. The zero-order valence-electron chi connectivity index (χ0n) is 18.7. The predicted octanol–water partition coefficient (Wildman–Crippen LogP) is 5.13. The molecule has 0 aliphatic rings. The lowest BCUT2D eigenvalue weighted by atomic mass is 10.1. The summed E-state index contributed by atoms with van der Waals surface area (Å²) < 4.78 is 7.54. The van der Waals surface area contributed by atoms with E-state index in [9.17, 15) is 4.79 Å². The highest BCUT2D eigenvalue weighted by molar-refractivity contribution is 7.13. The lowest BCUT2D eigenvalue weighted by Crippen LogP contribution is -2.27. The Morgan fingerprint density at radius 1 is 1.12 bits per heavy atom. The van der Waals surface area contributed by atoms with E-state index in [0.717, 1.165) is 46.9 Å². The third kappa shape index (κ3) is 4.84. The number of anilines is 2. The minimum absolute atomic E-state index is 0.0108. The Kier molecular flexibility index (Phi) is 6.87. The highest BCUT2D eigenvalue weighted by Gasteiger charge is 2.11. The zero-order chi connectivity index (χ0) is 22.5. The van der Waals surface area contributed by atoms with Gasteiger partial charge in [0, 0.05) is 41.8 Å². The second-order valence-corrected chi connectivity index (χ2v) is 8.50. The summed E-state index contributed by atoms with van der Waals surface area (Å²) in [7, 11) is 1.80. The molecule has 166 valence electrons. The summed E-state index contributed by atoms with van der Waals surface area (Å²) in [4.78, 5) is 20.7. The molecule has 4 aromatic rings. The molecule has 0 unspecified atom stereocenters. The maximum absolute atomic E-state index is 12.9. The van der Waals surface area contributed by atoms with Gasteiger partial charge >= 0.3 is 0 Å². The van der Waals surface area contributed by atoms with Gasteiger partial charge in [0.2, 0.25) is 0 Å². The SMILES string of the molecule is CCN(CC)CCOc1ccc(Nc2cc3c(cn2)cc(-c2cccs2)c(=O)n3C)cc1. The van der Waals surface area contributed by atoms with Crippen molar-refractivity contribution in [1.82, 2.24) is 14.5 Å². The number of hydrogen-bond acceptors (Lipinski definition) is 6. The summed E-state index contributed by atoms with van der Waals surface area (Å²) in [6.07, 6.45) is 1.80. The number of fused-ring (bicyclic) bond motifs is 1. The van der Waals surface area contributed by atoms with E-state index in [1.54, 1.807) is 29.1 Å². The normalized spacial score (nSPS) is 11.2. The van der Waals surface area contributed by atoms with Crippen LogP contribution in [0.3, 0.4) is 0 Å². The van der Waals surface area contributed by atoms with Crippen molar-refractivity contribution in [3.63, 3.8) is 0 Å². The molecule has 6 nitrogen and oxygen atoms in total. The number of nitrogens with zero attached hydrogens (tertiary/aromatic N) is 3. The second-order valence-electron chi connectivity index (χ2n) is 7.55. The minimum Gasteiger partial charge on any atom is -0.492 e. The molecule has 32 heavy (non-hydrogen) atoms. The van der Waals surface area contributed by atoms with Crippen LogP contribution in [0.1, 0.15) is 13.8 Å². The van der Waals surface area contributed by atoms with Crippen LogP contribution in [0.5, 0.6) is 5.75 Å². The van der Waals surface area contributed by atoms with Gasteiger partial charge in [-0.3, -0.25) is 4.79 Å². The Morgan fingerprint density at radius 3 is 2.59 bits per heavy atom. The highest BCUT2D eigenvalue weighted by atomic mass is 32.1. The van der Waals surface area contributed by atoms with Crippen LogP contribution in [0.2, 0.25) is 0 Å². The van der Waals surface area contributed by atoms with Crippen molar-refractivity contribution < 1.29 is 4.74 Å². The topological polar surface area (TPSA) is 59.4 Å². The van der Waals surface area contributed by atoms with Gasteiger partial charge in [-0.15, -0.1) is 11.3 Å². The third-order valence-electron chi connectivity index (χ3n) is 5.59. The number of pyridine rings is 2. The van der Waals surface area contributed by atoms with Gasteiger partial charge in [-0.1, -0.05) is 19.9 Å². The molecule has 0 aliphatic carbocycles. The molecule has 1 aromatic carbocycles. The lowest BCUT2D eigenvalue weighted by molar-refractivity contribution is 0.223. The van der Waals surface area contributed by atoms with Crippen LogP contribution in [-0.4, -0.2) is 40.7 Å². The summed E-state index contributed by atoms with van der Waals surface area (Å²) in [6.45, 7) is 7.96. The maximum atomic E-state index is 12.9. The molecule has 0 bridgehead atoms. The van der Waals surface area contributed by atoms with Crippen molar-refractivity contribution in [3.05, 3.63) is 70.5 Å². The Morgan fingerprint density at radius 2 is 1.91 bits per heavy atom. The second kappa shape index (κ2) is 9.97. The van der Waals surface area contributed by atoms with Gasteiger partial charge in [0.05, 0.1) is 11.1 Å². The number of ether oxygens (including phenoxy) is 1. The van der Waals surface area contributed by atoms with Crippen LogP contribution in [0.15, 0.2) is 64.9 Å². The van der Waals surface area contributed by atoms with Crippen molar-refractivity contribution in [2.45, 2.75) is 13.8 Å². The van der Waals surface area contributed by atoms with Gasteiger partial charge in [-0.25, -0.2) is 4.98 Å². The van der Waals surface area contributed by atoms with E-state index in [1.165, 1.54) is 0 Å². The smallest absolute Gasteiger partial charge is 0.259 e. The number of aromatic nitrogens is 2. The standard InChI is InChI=1S/C25H28N4O2S/c1-4-29(5-2)12-13-31-20-10-8-19(9-11-20)27-24-16-22-18(17-26-24)15-21(25(30)28(22)3)23-7-6-14-32-23/h6-11,14-17H,4-5,12-13H2,1-3H3,(H,26,27). The van der Waals surface area contributed by atoms with Crippen LogP contribution in [-0.2, 0) is 7.05 Å². The minimum atomic E-state index is -0.0108. The van der Waals surface area contributed by atoms with E-state index in [4.69, 9.17) is 4.74 Å². The number of aryl methyl sites for hydroxylation is 1. The summed E-state index contributed by atoms with van der Waals surface area (Å²) in [5.74, 6) is 1.53. The molecule has 3 heterocycles. The van der Waals surface area contributed by atoms with E-state index in [2.05, 4.69) is 29.0 Å². The molecular formula is C25H28N4O2S. The number of likely N-dealkylation sites (N-methyl/N-ethyl adjacent to an activating group) is 1. The molecule has 0 saturated heterocycles. The first-order chi connectivity index (χ1) is 15.6. The Labute approximate surface area is 192 Å². The van der Waals surface area contributed by atoms with Gasteiger partial charge in [-0.05, 0) is 54.9 Å². The fourth-order valence-electron chi connectivity index (χ4n) is 3.66. The molecule has 0 fully saturated rings. The number of nitrogens with one attached hydrogen (secondary N) is 1. The van der Waals surface area contributed by atoms with Crippen molar-refractivity contribution in [1.29, 1.82) is 0 Å². The molecule has 0 radical (unpaired) electrons. The summed E-state index contributed by atoms with van der Waals surface area (Å²) in [5.41, 5.74) is 2.44.